The summed E-state index contributed by atoms with van der Waals surface area (Å²) in [5.74, 6) is -1.21. The molecule has 106 valence electrons. The lowest BCUT2D eigenvalue weighted by Gasteiger charge is -2.04. The van der Waals surface area contributed by atoms with E-state index in [-0.39, 0.29) is 11.5 Å². The summed E-state index contributed by atoms with van der Waals surface area (Å²) in [7, 11) is 0. The Hall–Kier alpha value is -2.08. The number of hydrogen-bond donors (Lipinski definition) is 3. The maximum atomic E-state index is 11.8. The van der Waals surface area contributed by atoms with Gasteiger partial charge in [0.05, 0.1) is 5.69 Å². The van der Waals surface area contributed by atoms with Gasteiger partial charge in [-0.05, 0) is 31.2 Å². The molecule has 0 aromatic carbocycles. The van der Waals surface area contributed by atoms with Crippen LogP contribution in [0.15, 0.2) is 23.7 Å². The Bertz CT molecular complexity index is 602. The van der Waals surface area contributed by atoms with E-state index in [4.69, 9.17) is 5.11 Å². The Morgan fingerprint density at radius 2 is 2.25 bits per heavy atom. The van der Waals surface area contributed by atoms with Crippen molar-refractivity contribution in [3.63, 3.8) is 0 Å². The van der Waals surface area contributed by atoms with E-state index in [1.54, 1.807) is 18.3 Å². The molecule has 0 aliphatic heterocycles. The molecular formula is C14H16N2O3S. The van der Waals surface area contributed by atoms with Crippen molar-refractivity contribution in [2.75, 3.05) is 5.32 Å². The predicted octanol–water partition coefficient (Wildman–Crippen LogP) is 3.04. The van der Waals surface area contributed by atoms with Crippen LogP contribution in [0, 0.1) is 6.92 Å². The van der Waals surface area contributed by atoms with Crippen LogP contribution in [0.1, 0.15) is 33.8 Å². The van der Waals surface area contributed by atoms with Crippen molar-refractivity contribution in [1.82, 2.24) is 4.98 Å². The van der Waals surface area contributed by atoms with Gasteiger partial charge < -0.3 is 15.4 Å². The van der Waals surface area contributed by atoms with Crippen molar-refractivity contribution in [2.24, 2.45) is 0 Å². The zero-order valence-electron chi connectivity index (χ0n) is 11.1. The van der Waals surface area contributed by atoms with Gasteiger partial charge in [-0.25, -0.2) is 4.79 Å². The molecule has 0 fully saturated rings. The van der Waals surface area contributed by atoms with Crippen LogP contribution in [0.4, 0.5) is 5.69 Å². The molecule has 0 unspecified atom stereocenters. The molecule has 0 radical (unpaired) electrons. The highest BCUT2D eigenvalue weighted by Crippen LogP contribution is 2.19. The maximum absolute atomic E-state index is 11.8. The van der Waals surface area contributed by atoms with Gasteiger partial charge in [-0.1, -0.05) is 6.07 Å². The first-order valence-corrected chi connectivity index (χ1v) is 7.19. The van der Waals surface area contributed by atoms with Gasteiger partial charge in [0.2, 0.25) is 5.91 Å². The fraction of sp³-hybridized carbons (Fsp3) is 0.286. The molecule has 2 aromatic rings. The van der Waals surface area contributed by atoms with E-state index >= 15 is 0 Å². The van der Waals surface area contributed by atoms with E-state index in [1.807, 2.05) is 17.5 Å². The smallest absolute Gasteiger partial charge is 0.339 e. The molecule has 0 saturated heterocycles. The number of rotatable bonds is 6. The summed E-state index contributed by atoms with van der Waals surface area (Å²) in [6.45, 7) is 1.66. The van der Waals surface area contributed by atoms with Crippen LogP contribution in [0.25, 0.3) is 0 Å². The molecule has 6 heteroatoms. The van der Waals surface area contributed by atoms with Crippen LogP contribution < -0.4 is 5.32 Å². The van der Waals surface area contributed by atoms with Gasteiger partial charge in [0.15, 0.2) is 0 Å². The molecule has 2 aromatic heterocycles. The first-order valence-electron chi connectivity index (χ1n) is 6.31. The molecule has 0 atom stereocenters. The first kappa shape index (κ1) is 14.3. The number of carbonyl (C=O) groups excluding carboxylic acids is 1. The number of hydrogen-bond acceptors (Lipinski definition) is 3. The third-order valence-corrected chi connectivity index (χ3v) is 3.91. The number of H-pyrrole nitrogens is 1. The van der Waals surface area contributed by atoms with E-state index in [0.717, 1.165) is 12.8 Å². The van der Waals surface area contributed by atoms with Crippen LogP contribution in [0.5, 0.6) is 0 Å². The Morgan fingerprint density at radius 3 is 2.90 bits per heavy atom. The second-order valence-electron chi connectivity index (χ2n) is 4.49. The number of thiophene rings is 1. The fourth-order valence-corrected chi connectivity index (χ4v) is 2.74. The lowest BCUT2D eigenvalue weighted by Crippen LogP contribution is -2.13. The van der Waals surface area contributed by atoms with E-state index in [0.29, 0.717) is 17.8 Å². The number of amides is 1. The maximum Gasteiger partial charge on any atom is 0.339 e. The Labute approximate surface area is 120 Å². The summed E-state index contributed by atoms with van der Waals surface area (Å²) >= 11 is 1.67. The molecule has 0 spiro atoms. The SMILES string of the molecule is Cc1[nH]cc(NC(=O)CCCc2cccs2)c1C(=O)O. The molecular weight excluding hydrogens is 276 g/mol. The molecule has 0 saturated carbocycles. The number of carboxylic acids is 1. The third-order valence-electron chi connectivity index (χ3n) is 2.97. The third kappa shape index (κ3) is 3.48. The number of aromatic carboxylic acids is 1. The summed E-state index contributed by atoms with van der Waals surface area (Å²) in [5, 5.41) is 13.7. The standard InChI is InChI=1S/C14H16N2O3S/c1-9-13(14(18)19)11(8-15-9)16-12(17)6-2-4-10-5-3-7-20-10/h3,5,7-8,15H,2,4,6H2,1H3,(H,16,17)(H,18,19). The molecule has 5 nitrogen and oxygen atoms in total. The van der Waals surface area contributed by atoms with E-state index < -0.39 is 5.97 Å². The van der Waals surface area contributed by atoms with Gasteiger partial charge >= 0.3 is 5.97 Å². The average molecular weight is 292 g/mol. The van der Waals surface area contributed by atoms with Crippen molar-refractivity contribution in [2.45, 2.75) is 26.2 Å². The molecule has 0 bridgehead atoms. The van der Waals surface area contributed by atoms with Crippen LogP contribution in [-0.2, 0) is 11.2 Å². The van der Waals surface area contributed by atoms with Gasteiger partial charge in [-0.2, -0.15) is 0 Å². The van der Waals surface area contributed by atoms with Crippen molar-refractivity contribution in [3.05, 3.63) is 39.8 Å². The Kier molecular flexibility index (Phi) is 4.57. The lowest BCUT2D eigenvalue weighted by molar-refractivity contribution is -0.116. The number of nitrogens with one attached hydrogen (secondary N) is 2. The quantitative estimate of drug-likeness (QED) is 0.765. The number of aromatic amines is 1. The summed E-state index contributed by atoms with van der Waals surface area (Å²) in [6, 6.07) is 4.03. The fourth-order valence-electron chi connectivity index (χ4n) is 1.99. The van der Waals surface area contributed by atoms with Crippen LogP contribution in [0.2, 0.25) is 0 Å². The number of aryl methyl sites for hydroxylation is 2. The second-order valence-corrected chi connectivity index (χ2v) is 5.52. The minimum atomic E-state index is -1.04. The van der Waals surface area contributed by atoms with Gasteiger partial charge in [0, 0.05) is 23.2 Å². The summed E-state index contributed by atoms with van der Waals surface area (Å²) in [6.07, 6.45) is 3.50. The number of aromatic nitrogens is 1. The zero-order chi connectivity index (χ0) is 14.5. The molecule has 1 amide bonds. The molecule has 2 heterocycles. The monoisotopic (exact) mass is 292 g/mol. The molecule has 20 heavy (non-hydrogen) atoms. The van der Waals surface area contributed by atoms with E-state index in [9.17, 15) is 9.59 Å². The van der Waals surface area contributed by atoms with E-state index in [2.05, 4.69) is 10.3 Å². The lowest BCUT2D eigenvalue weighted by atomic mass is 10.2. The van der Waals surface area contributed by atoms with Crippen molar-refractivity contribution >= 4 is 28.9 Å². The Balaban J connectivity index is 1.87. The van der Waals surface area contributed by atoms with Crippen molar-refractivity contribution in [3.8, 4) is 0 Å². The highest BCUT2D eigenvalue weighted by atomic mass is 32.1. The Morgan fingerprint density at radius 1 is 1.45 bits per heavy atom. The van der Waals surface area contributed by atoms with Crippen LogP contribution >= 0.6 is 11.3 Å². The number of carbonyl (C=O) groups is 2. The van der Waals surface area contributed by atoms with Crippen LogP contribution in [-0.4, -0.2) is 22.0 Å². The largest absolute Gasteiger partial charge is 0.478 e. The van der Waals surface area contributed by atoms with Gasteiger partial charge in [-0.3, -0.25) is 4.79 Å². The summed E-state index contributed by atoms with van der Waals surface area (Å²) in [4.78, 5) is 27.0. The number of anilines is 1. The summed E-state index contributed by atoms with van der Waals surface area (Å²) < 4.78 is 0. The molecule has 2 rings (SSSR count). The molecule has 0 aliphatic rings. The topological polar surface area (TPSA) is 82.2 Å². The summed E-state index contributed by atoms with van der Waals surface area (Å²) in [5.41, 5.74) is 0.985. The molecule has 0 aliphatic carbocycles. The highest BCUT2D eigenvalue weighted by Gasteiger charge is 2.16. The second kappa shape index (κ2) is 6.38. The first-order chi connectivity index (χ1) is 9.58. The van der Waals surface area contributed by atoms with Crippen LogP contribution in [0.3, 0.4) is 0 Å². The van der Waals surface area contributed by atoms with Crippen molar-refractivity contribution in [1.29, 1.82) is 0 Å². The highest BCUT2D eigenvalue weighted by molar-refractivity contribution is 7.09. The van der Waals surface area contributed by atoms with Gasteiger partial charge in [0.1, 0.15) is 5.56 Å². The van der Waals surface area contributed by atoms with E-state index in [1.165, 1.54) is 11.1 Å². The average Bonchev–Trinajstić information content (AvgIpc) is 2.99. The van der Waals surface area contributed by atoms with Crippen molar-refractivity contribution < 1.29 is 14.7 Å². The normalized spacial score (nSPS) is 10.4. The van der Waals surface area contributed by atoms with Gasteiger partial charge in [0.25, 0.3) is 0 Å². The predicted molar refractivity (Wildman–Crippen MR) is 78.4 cm³/mol. The van der Waals surface area contributed by atoms with Gasteiger partial charge in [-0.15, -0.1) is 11.3 Å². The minimum Gasteiger partial charge on any atom is -0.478 e. The zero-order valence-corrected chi connectivity index (χ0v) is 11.9. The number of carboxylic acid groups (broad SMARTS) is 1. The minimum absolute atomic E-state index is 0.122. The molecule has 3 N–H and O–H groups in total.